The molecule has 1 unspecified atom stereocenters. The minimum absolute atomic E-state index is 0.0801. The summed E-state index contributed by atoms with van der Waals surface area (Å²) >= 11 is 6.70. The number of nitrogens with zero attached hydrogens (tertiary/aromatic N) is 6. The number of fused-ring (bicyclic) bond motifs is 1. The molecular weight excluding hydrogens is 591 g/mol. The lowest BCUT2D eigenvalue weighted by Crippen LogP contribution is -2.46. The third kappa shape index (κ3) is 7.06. The summed E-state index contributed by atoms with van der Waals surface area (Å²) in [6.07, 6.45) is 8.79. The summed E-state index contributed by atoms with van der Waals surface area (Å²) in [5.41, 5.74) is 4.09. The molecule has 4 heterocycles. The Kier molecular flexibility index (Phi) is 9.22. The lowest BCUT2D eigenvalue weighted by molar-refractivity contribution is 0.0248. The Balaban J connectivity index is 1.32. The zero-order chi connectivity index (χ0) is 31.6. The average molecular weight is 631 g/mol. The molecule has 2 aromatic carbocycles. The van der Waals surface area contributed by atoms with Gasteiger partial charge >= 0.3 is 0 Å². The maximum Gasteiger partial charge on any atom is 0.123 e. The molecule has 0 aliphatic carbocycles. The molecule has 2 aromatic heterocycles. The van der Waals surface area contributed by atoms with Gasteiger partial charge in [-0.15, -0.1) is 5.10 Å². The molecule has 45 heavy (non-hydrogen) atoms. The summed E-state index contributed by atoms with van der Waals surface area (Å²) in [4.78, 5) is 7.19. The number of piperidine rings is 1. The van der Waals surface area contributed by atoms with Gasteiger partial charge in [-0.3, -0.25) is 9.88 Å². The van der Waals surface area contributed by atoms with E-state index in [1.165, 1.54) is 12.1 Å². The van der Waals surface area contributed by atoms with Gasteiger partial charge in [-0.25, -0.2) is 9.07 Å². The van der Waals surface area contributed by atoms with E-state index in [1.54, 1.807) is 18.3 Å². The molecule has 2 saturated heterocycles. The van der Waals surface area contributed by atoms with E-state index in [4.69, 9.17) is 16.3 Å². The van der Waals surface area contributed by atoms with Crippen LogP contribution >= 0.6 is 11.6 Å². The monoisotopic (exact) mass is 630 g/mol. The molecule has 0 spiro atoms. The number of hydrogen-bond donors (Lipinski definition) is 2. The fourth-order valence-corrected chi connectivity index (χ4v) is 6.60. The summed E-state index contributed by atoms with van der Waals surface area (Å²) < 4.78 is 21.9. The predicted octanol–water partition coefficient (Wildman–Crippen LogP) is 7.11. The van der Waals surface area contributed by atoms with Crippen molar-refractivity contribution in [2.75, 3.05) is 36.9 Å². The first-order valence-electron chi connectivity index (χ1n) is 15.8. The van der Waals surface area contributed by atoms with Crippen molar-refractivity contribution in [3.8, 4) is 6.07 Å². The van der Waals surface area contributed by atoms with Gasteiger partial charge in [-0.05, 0) is 82.7 Å². The molecular formula is C34H40ClFN8O. The van der Waals surface area contributed by atoms with Crippen molar-refractivity contribution in [2.45, 2.75) is 76.6 Å². The van der Waals surface area contributed by atoms with Gasteiger partial charge in [0.25, 0.3) is 0 Å². The second-order valence-corrected chi connectivity index (χ2v) is 13.5. The third-order valence-electron chi connectivity index (χ3n) is 8.95. The fraction of sp³-hybridized carbons (Fsp3) is 0.471. The topological polar surface area (TPSA) is 104 Å². The van der Waals surface area contributed by atoms with Crippen LogP contribution in [0.4, 0.5) is 15.8 Å². The first kappa shape index (κ1) is 31.2. The molecule has 2 N–H and O–H groups in total. The van der Waals surface area contributed by atoms with Crippen LogP contribution in [0.1, 0.15) is 81.8 Å². The number of hydrogen-bond acceptors (Lipinski definition) is 8. The van der Waals surface area contributed by atoms with Crippen molar-refractivity contribution in [2.24, 2.45) is 0 Å². The standard InChI is InChI=1S/C34H40ClFN8O/c1-34(2,3)43-13-11-26(12-14-43)44-21-30(41-42-44)32(22-7-9-25(36)10-8-22)40-29-17-24(35)16-28-31(23(18-37)19-38-33(28)29)39-20-27-6-4-5-15-45-27/h7-10,16-17,19,21,26-27,32,40H,4-6,11-15,20H2,1-3H3,(H,38,39)/t27?,32-/m0/s1. The summed E-state index contributed by atoms with van der Waals surface area (Å²) in [7, 11) is 0. The molecule has 0 radical (unpaired) electrons. The van der Waals surface area contributed by atoms with Crippen LogP contribution in [0.25, 0.3) is 10.9 Å². The highest BCUT2D eigenvalue weighted by Crippen LogP contribution is 2.37. The number of likely N-dealkylation sites (tertiary alicyclic amines) is 1. The smallest absolute Gasteiger partial charge is 0.123 e. The van der Waals surface area contributed by atoms with Crippen LogP contribution < -0.4 is 10.6 Å². The molecule has 0 amide bonds. The molecule has 2 atom stereocenters. The van der Waals surface area contributed by atoms with Crippen molar-refractivity contribution in [3.63, 3.8) is 0 Å². The summed E-state index contributed by atoms with van der Waals surface area (Å²) in [5, 5.41) is 27.4. The largest absolute Gasteiger partial charge is 0.381 e. The minimum Gasteiger partial charge on any atom is -0.381 e. The molecule has 4 aromatic rings. The second kappa shape index (κ2) is 13.3. The van der Waals surface area contributed by atoms with Crippen molar-refractivity contribution < 1.29 is 9.13 Å². The summed E-state index contributed by atoms with van der Waals surface area (Å²) in [6, 6.07) is 12.1. The molecule has 2 fully saturated rings. The van der Waals surface area contributed by atoms with E-state index >= 15 is 0 Å². The molecule has 2 aliphatic rings. The Labute approximate surface area is 268 Å². The first-order chi connectivity index (χ1) is 21.7. The quantitative estimate of drug-likeness (QED) is 0.212. The van der Waals surface area contributed by atoms with Gasteiger partial charge < -0.3 is 15.4 Å². The number of ether oxygens (including phenoxy) is 1. The Morgan fingerprint density at radius 2 is 1.91 bits per heavy atom. The number of nitriles is 1. The second-order valence-electron chi connectivity index (χ2n) is 13.0. The van der Waals surface area contributed by atoms with Crippen molar-refractivity contribution in [3.05, 3.63) is 76.5 Å². The first-order valence-corrected chi connectivity index (χ1v) is 16.1. The number of anilines is 2. The Bertz CT molecular complexity index is 1660. The van der Waals surface area contributed by atoms with Gasteiger partial charge in [0, 0.05) is 48.4 Å². The molecule has 2 aliphatic heterocycles. The van der Waals surface area contributed by atoms with Gasteiger partial charge in [-0.1, -0.05) is 28.9 Å². The molecule has 0 saturated carbocycles. The number of halogens is 2. The van der Waals surface area contributed by atoms with Crippen LogP contribution in [-0.4, -0.2) is 62.8 Å². The molecule has 9 nitrogen and oxygen atoms in total. The third-order valence-corrected chi connectivity index (χ3v) is 9.17. The van der Waals surface area contributed by atoms with Gasteiger partial charge in [-0.2, -0.15) is 5.26 Å². The summed E-state index contributed by atoms with van der Waals surface area (Å²) in [5.74, 6) is -0.316. The van der Waals surface area contributed by atoms with Gasteiger partial charge in [0.2, 0.25) is 0 Å². The van der Waals surface area contributed by atoms with Gasteiger partial charge in [0.15, 0.2) is 0 Å². The number of nitrogens with one attached hydrogen (secondary N) is 2. The maximum absolute atomic E-state index is 14.0. The van der Waals surface area contributed by atoms with E-state index < -0.39 is 6.04 Å². The van der Waals surface area contributed by atoms with E-state index in [-0.39, 0.29) is 23.5 Å². The number of pyridine rings is 1. The van der Waals surface area contributed by atoms with Gasteiger partial charge in [0.05, 0.1) is 46.8 Å². The van der Waals surface area contributed by atoms with Gasteiger partial charge in [0.1, 0.15) is 17.6 Å². The van der Waals surface area contributed by atoms with E-state index in [0.29, 0.717) is 39.7 Å². The van der Waals surface area contributed by atoms with E-state index in [0.717, 1.165) is 62.8 Å². The highest BCUT2D eigenvalue weighted by molar-refractivity contribution is 6.32. The Hall–Kier alpha value is -3.78. The van der Waals surface area contributed by atoms with Crippen LogP contribution in [0.3, 0.4) is 0 Å². The number of rotatable bonds is 8. The molecule has 11 heteroatoms. The highest BCUT2D eigenvalue weighted by atomic mass is 35.5. The van der Waals surface area contributed by atoms with E-state index in [2.05, 4.69) is 57.7 Å². The van der Waals surface area contributed by atoms with Crippen LogP contribution in [0.2, 0.25) is 5.02 Å². The minimum atomic E-state index is -0.458. The molecule has 236 valence electrons. The highest BCUT2D eigenvalue weighted by Gasteiger charge is 2.29. The Morgan fingerprint density at radius 1 is 1.13 bits per heavy atom. The Morgan fingerprint density at radius 3 is 2.60 bits per heavy atom. The summed E-state index contributed by atoms with van der Waals surface area (Å²) in [6.45, 7) is 10.1. The number of benzene rings is 2. The van der Waals surface area contributed by atoms with Crippen LogP contribution in [0.5, 0.6) is 0 Å². The number of aromatic nitrogens is 4. The fourth-order valence-electron chi connectivity index (χ4n) is 6.38. The van der Waals surface area contributed by atoms with Crippen molar-refractivity contribution >= 4 is 33.9 Å². The average Bonchev–Trinajstić information content (AvgIpc) is 3.53. The zero-order valence-electron chi connectivity index (χ0n) is 26.1. The molecule has 6 rings (SSSR count). The maximum atomic E-state index is 14.0. The SMILES string of the molecule is CC(C)(C)N1CCC(n2cc([C@@H](Nc3cc(Cl)cc4c(NCC5CCCCO5)c(C#N)cnc34)c3ccc(F)cc3)nn2)CC1. The van der Waals surface area contributed by atoms with Crippen molar-refractivity contribution in [1.29, 1.82) is 5.26 Å². The molecule has 0 bridgehead atoms. The van der Waals surface area contributed by atoms with Crippen molar-refractivity contribution in [1.82, 2.24) is 24.9 Å². The normalized spacial score (nSPS) is 18.9. The van der Waals surface area contributed by atoms with E-state index in [1.807, 2.05) is 23.0 Å². The predicted molar refractivity (Wildman–Crippen MR) is 175 cm³/mol. The lowest BCUT2D eigenvalue weighted by atomic mass is 9.98. The van der Waals surface area contributed by atoms with Crippen LogP contribution in [0, 0.1) is 17.1 Å². The van der Waals surface area contributed by atoms with E-state index in [9.17, 15) is 9.65 Å². The lowest BCUT2D eigenvalue weighted by Gasteiger charge is -2.40. The zero-order valence-corrected chi connectivity index (χ0v) is 26.8. The van der Waals surface area contributed by atoms with Crippen LogP contribution in [-0.2, 0) is 4.74 Å². The van der Waals surface area contributed by atoms with Crippen LogP contribution in [0.15, 0.2) is 48.8 Å².